The van der Waals surface area contributed by atoms with Gasteiger partial charge in [0.05, 0.1) is 11.8 Å². The Balaban J connectivity index is 2.19. The van der Waals surface area contributed by atoms with E-state index in [1.807, 2.05) is 0 Å². The minimum atomic E-state index is -0.205. The lowest BCUT2D eigenvalue weighted by Gasteiger charge is -2.03. The van der Waals surface area contributed by atoms with Gasteiger partial charge in [0.2, 0.25) is 5.91 Å². The van der Waals surface area contributed by atoms with Crippen LogP contribution in [-0.2, 0) is 4.79 Å². The van der Waals surface area contributed by atoms with Crippen LogP contribution in [0.1, 0.15) is 17.3 Å². The number of nitrogens with one attached hydrogen (secondary N) is 2. The Morgan fingerprint density at radius 3 is 2.64 bits per heavy atom. The molecule has 0 saturated carbocycles. The maximum Gasteiger partial charge on any atom is 0.254 e. The summed E-state index contributed by atoms with van der Waals surface area (Å²) in [4.78, 5) is 21.7. The molecule has 5 heteroatoms. The van der Waals surface area contributed by atoms with E-state index in [1.165, 1.54) is 19.5 Å². The van der Waals surface area contributed by atoms with Crippen LogP contribution in [0.5, 0.6) is 0 Å². The number of carbonyl (C=O) groups excluding carboxylic acids is 2. The third kappa shape index (κ3) is 3.30. The van der Waals surface area contributed by atoms with E-state index in [0.717, 1.165) is 0 Å². The van der Waals surface area contributed by atoms with E-state index in [4.69, 9.17) is 4.42 Å². The number of rotatable bonds is 4. The van der Waals surface area contributed by atoms with Crippen molar-refractivity contribution >= 4 is 11.8 Å². The smallest absolute Gasteiger partial charge is 0.254 e. The first-order valence-corrected chi connectivity index (χ1v) is 4.25. The second-order valence-corrected chi connectivity index (χ2v) is 2.75. The van der Waals surface area contributed by atoms with Crippen molar-refractivity contribution in [2.24, 2.45) is 0 Å². The van der Waals surface area contributed by atoms with Crippen LogP contribution in [0.25, 0.3) is 0 Å². The van der Waals surface area contributed by atoms with E-state index in [9.17, 15) is 9.59 Å². The summed E-state index contributed by atoms with van der Waals surface area (Å²) in [5, 5.41) is 5.20. The minimum Gasteiger partial charge on any atom is -0.472 e. The Morgan fingerprint density at radius 2 is 2.07 bits per heavy atom. The normalized spacial score (nSPS) is 9.50. The van der Waals surface area contributed by atoms with Crippen molar-refractivity contribution in [3.8, 4) is 0 Å². The lowest BCUT2D eigenvalue weighted by Crippen LogP contribution is -2.33. The quantitative estimate of drug-likeness (QED) is 0.673. The number of furan rings is 1. The molecule has 5 nitrogen and oxygen atoms in total. The lowest BCUT2D eigenvalue weighted by atomic mass is 10.3. The van der Waals surface area contributed by atoms with Gasteiger partial charge in [-0.25, -0.2) is 0 Å². The molecule has 1 aromatic rings. The van der Waals surface area contributed by atoms with Crippen molar-refractivity contribution in [3.05, 3.63) is 24.2 Å². The van der Waals surface area contributed by atoms with Crippen LogP contribution in [0.2, 0.25) is 0 Å². The van der Waals surface area contributed by atoms with Crippen LogP contribution in [0.3, 0.4) is 0 Å². The van der Waals surface area contributed by atoms with Crippen LogP contribution in [0.15, 0.2) is 23.0 Å². The molecule has 0 saturated heterocycles. The molecule has 0 aliphatic heterocycles. The molecule has 0 atom stereocenters. The molecule has 2 N–H and O–H groups in total. The molecule has 0 unspecified atom stereocenters. The molecule has 1 heterocycles. The Morgan fingerprint density at radius 1 is 1.36 bits per heavy atom. The zero-order valence-electron chi connectivity index (χ0n) is 7.87. The van der Waals surface area contributed by atoms with Gasteiger partial charge in [-0.1, -0.05) is 0 Å². The third-order valence-corrected chi connectivity index (χ3v) is 1.57. The van der Waals surface area contributed by atoms with Crippen LogP contribution < -0.4 is 10.6 Å². The summed E-state index contributed by atoms with van der Waals surface area (Å²) in [5.41, 5.74) is 0.479. The van der Waals surface area contributed by atoms with E-state index in [2.05, 4.69) is 10.6 Å². The minimum absolute atomic E-state index is 0.109. The zero-order chi connectivity index (χ0) is 10.4. The standard InChI is InChI=1S/C9H12N2O3/c1-7(12)10-3-4-11-9(13)8-2-5-14-6-8/h2,5-6H,3-4H2,1H3,(H,10,12)(H,11,13). The van der Waals surface area contributed by atoms with Gasteiger partial charge in [-0.2, -0.15) is 0 Å². The molecule has 2 amide bonds. The van der Waals surface area contributed by atoms with Crippen LogP contribution in [0, 0.1) is 0 Å². The van der Waals surface area contributed by atoms with E-state index in [0.29, 0.717) is 18.7 Å². The van der Waals surface area contributed by atoms with Gasteiger partial charge in [0.15, 0.2) is 0 Å². The molecule has 0 fully saturated rings. The van der Waals surface area contributed by atoms with E-state index < -0.39 is 0 Å². The molecule has 76 valence electrons. The molecule has 1 aromatic heterocycles. The molecule has 0 radical (unpaired) electrons. The summed E-state index contributed by atoms with van der Waals surface area (Å²) in [6, 6.07) is 1.58. The Kier molecular flexibility index (Phi) is 3.72. The van der Waals surface area contributed by atoms with Gasteiger partial charge in [-0.05, 0) is 6.07 Å². The maximum atomic E-state index is 11.3. The molecule has 0 aliphatic carbocycles. The molecule has 0 aliphatic rings. The fraction of sp³-hybridized carbons (Fsp3) is 0.333. The zero-order valence-corrected chi connectivity index (χ0v) is 7.87. The number of hydrogen-bond donors (Lipinski definition) is 2. The van der Waals surface area contributed by atoms with Gasteiger partial charge >= 0.3 is 0 Å². The molecule has 1 rings (SSSR count). The summed E-state index contributed by atoms with van der Waals surface area (Å²) in [6.07, 6.45) is 2.80. The number of amides is 2. The largest absolute Gasteiger partial charge is 0.472 e. The molecule has 0 spiro atoms. The summed E-state index contributed by atoms with van der Waals surface area (Å²) < 4.78 is 4.75. The van der Waals surface area contributed by atoms with Crippen molar-refractivity contribution in [2.75, 3.05) is 13.1 Å². The van der Waals surface area contributed by atoms with Gasteiger partial charge in [0, 0.05) is 20.0 Å². The average Bonchev–Trinajstić information content (AvgIpc) is 2.64. The summed E-state index contributed by atoms with van der Waals surface area (Å²) in [5.74, 6) is -0.313. The van der Waals surface area contributed by atoms with Crippen LogP contribution in [0.4, 0.5) is 0 Å². The van der Waals surface area contributed by atoms with Crippen molar-refractivity contribution in [1.29, 1.82) is 0 Å². The van der Waals surface area contributed by atoms with Gasteiger partial charge in [-0.15, -0.1) is 0 Å². The van der Waals surface area contributed by atoms with Gasteiger partial charge in [-0.3, -0.25) is 9.59 Å². The highest BCUT2D eigenvalue weighted by Crippen LogP contribution is 1.98. The van der Waals surface area contributed by atoms with Crippen LogP contribution >= 0.6 is 0 Å². The molecule has 14 heavy (non-hydrogen) atoms. The van der Waals surface area contributed by atoms with Gasteiger partial charge in [0.1, 0.15) is 6.26 Å². The number of hydrogen-bond acceptors (Lipinski definition) is 3. The second-order valence-electron chi connectivity index (χ2n) is 2.75. The summed E-state index contributed by atoms with van der Waals surface area (Å²) >= 11 is 0. The predicted octanol–water partition coefficient (Wildman–Crippen LogP) is 0.145. The Hall–Kier alpha value is -1.78. The first-order valence-electron chi connectivity index (χ1n) is 4.25. The lowest BCUT2D eigenvalue weighted by molar-refractivity contribution is -0.118. The van der Waals surface area contributed by atoms with E-state index >= 15 is 0 Å². The van der Waals surface area contributed by atoms with E-state index in [1.54, 1.807) is 6.07 Å². The van der Waals surface area contributed by atoms with Gasteiger partial charge in [0.25, 0.3) is 5.91 Å². The Bertz CT molecular complexity index is 306. The maximum absolute atomic E-state index is 11.3. The van der Waals surface area contributed by atoms with Crippen molar-refractivity contribution in [1.82, 2.24) is 10.6 Å². The third-order valence-electron chi connectivity index (χ3n) is 1.57. The molecular weight excluding hydrogens is 184 g/mol. The van der Waals surface area contributed by atoms with Crippen molar-refractivity contribution < 1.29 is 14.0 Å². The second kappa shape index (κ2) is 5.06. The summed E-state index contributed by atoms with van der Waals surface area (Å²) in [6.45, 7) is 2.26. The van der Waals surface area contributed by atoms with Crippen molar-refractivity contribution in [2.45, 2.75) is 6.92 Å². The fourth-order valence-electron chi connectivity index (χ4n) is 0.910. The first kappa shape index (κ1) is 10.3. The number of carbonyl (C=O) groups is 2. The molecular formula is C9H12N2O3. The monoisotopic (exact) mass is 196 g/mol. The topological polar surface area (TPSA) is 71.3 Å². The first-order chi connectivity index (χ1) is 6.70. The predicted molar refractivity (Wildman–Crippen MR) is 49.7 cm³/mol. The molecule has 0 aromatic carbocycles. The van der Waals surface area contributed by atoms with E-state index in [-0.39, 0.29) is 11.8 Å². The highest BCUT2D eigenvalue weighted by Gasteiger charge is 2.04. The van der Waals surface area contributed by atoms with Crippen molar-refractivity contribution in [3.63, 3.8) is 0 Å². The van der Waals surface area contributed by atoms with Gasteiger partial charge < -0.3 is 15.1 Å². The Labute approximate surface area is 81.5 Å². The SMILES string of the molecule is CC(=O)NCCNC(=O)c1ccoc1. The molecule has 0 bridgehead atoms. The highest BCUT2D eigenvalue weighted by atomic mass is 16.3. The van der Waals surface area contributed by atoms with Crippen LogP contribution in [-0.4, -0.2) is 24.9 Å². The highest BCUT2D eigenvalue weighted by molar-refractivity contribution is 5.93. The summed E-state index contributed by atoms with van der Waals surface area (Å²) in [7, 11) is 0. The average molecular weight is 196 g/mol. The fourth-order valence-corrected chi connectivity index (χ4v) is 0.910.